The number of thioether (sulfide) groups is 2. The van der Waals surface area contributed by atoms with Crippen molar-refractivity contribution >= 4 is 40.4 Å². The number of hydrogen-bond donors (Lipinski definition) is 4. The molecule has 0 spiro atoms. The van der Waals surface area contributed by atoms with Crippen LogP contribution in [0, 0.1) is 0 Å². The number of hydrogen-bond acceptors (Lipinski definition) is 8. The van der Waals surface area contributed by atoms with Gasteiger partial charge < -0.3 is 20.4 Å². The number of imide groups is 1. The molecule has 2 amide bonds. The normalized spacial score (nSPS) is 34.8. The fraction of sp³-hybridized carbons (Fsp3) is 0.467. The summed E-state index contributed by atoms with van der Waals surface area (Å²) in [7, 11) is 0. The van der Waals surface area contributed by atoms with Crippen molar-refractivity contribution < 1.29 is 30.0 Å². The van der Waals surface area contributed by atoms with Crippen LogP contribution in [0.4, 0.5) is 10.5 Å². The summed E-state index contributed by atoms with van der Waals surface area (Å²) in [5.74, 6) is -0.499. The molecule has 0 bridgehead atoms. The number of carbonyl (C=O) groups is 2. The van der Waals surface area contributed by atoms with E-state index in [9.17, 15) is 24.9 Å². The maximum absolute atomic E-state index is 12.8. The Bertz CT molecular complexity index is 630. The Morgan fingerprint density at radius 1 is 1.12 bits per heavy atom. The van der Waals surface area contributed by atoms with Crippen LogP contribution in [-0.2, 0) is 4.79 Å². The van der Waals surface area contributed by atoms with Crippen LogP contribution in [0.3, 0.4) is 0 Å². The van der Waals surface area contributed by atoms with Crippen LogP contribution in [0.15, 0.2) is 30.3 Å². The van der Waals surface area contributed by atoms with Gasteiger partial charge in [-0.05, 0) is 12.1 Å². The maximum atomic E-state index is 12.8. The number of para-hydroxylation sites is 1. The van der Waals surface area contributed by atoms with Gasteiger partial charge in [0.1, 0.15) is 0 Å². The Balaban J connectivity index is 1.91. The Kier molecular flexibility index (Phi) is 5.19. The first kappa shape index (κ1) is 17.7. The molecule has 2 fully saturated rings. The van der Waals surface area contributed by atoms with Crippen molar-refractivity contribution in [1.82, 2.24) is 0 Å². The van der Waals surface area contributed by atoms with Gasteiger partial charge in [-0.3, -0.25) is 9.59 Å². The highest BCUT2D eigenvalue weighted by atomic mass is 32.2. The molecule has 6 atom stereocenters. The lowest BCUT2D eigenvalue weighted by Crippen LogP contribution is -2.62. The molecule has 3 unspecified atom stereocenters. The van der Waals surface area contributed by atoms with E-state index in [2.05, 4.69) is 0 Å². The summed E-state index contributed by atoms with van der Waals surface area (Å²) in [6.07, 6.45) is -3.96. The number of anilines is 1. The van der Waals surface area contributed by atoms with Gasteiger partial charge in [-0.25, -0.2) is 4.90 Å². The number of aliphatic hydroxyl groups is 4. The summed E-state index contributed by atoms with van der Waals surface area (Å²) in [5.41, 5.74) is 0.430. The molecule has 0 saturated carbocycles. The molecule has 1 aromatic carbocycles. The summed E-state index contributed by atoms with van der Waals surface area (Å²) in [6.45, 7) is -0.596. The van der Waals surface area contributed by atoms with Gasteiger partial charge in [-0.15, -0.1) is 11.8 Å². The smallest absolute Gasteiger partial charge is 0.293 e. The number of fused-ring (bicyclic) bond motifs is 1. The summed E-state index contributed by atoms with van der Waals surface area (Å²) in [4.78, 5) is 26.2. The van der Waals surface area contributed by atoms with Gasteiger partial charge in [0, 0.05) is 0 Å². The van der Waals surface area contributed by atoms with Crippen LogP contribution in [-0.4, -0.2) is 72.2 Å². The molecule has 7 nitrogen and oxygen atoms in total. The first-order valence-corrected chi connectivity index (χ1v) is 9.18. The lowest BCUT2D eigenvalue weighted by molar-refractivity contribution is -0.118. The molecule has 0 radical (unpaired) electrons. The maximum Gasteiger partial charge on any atom is 0.293 e. The molecule has 24 heavy (non-hydrogen) atoms. The molecule has 2 heterocycles. The molecule has 0 aromatic heterocycles. The minimum absolute atomic E-state index is 0.430. The van der Waals surface area contributed by atoms with Crippen LogP contribution >= 0.6 is 23.5 Å². The number of rotatable bonds is 3. The number of amides is 2. The zero-order valence-electron chi connectivity index (χ0n) is 12.4. The molecular formula is C15H17NO6S2. The molecule has 3 rings (SSSR count). The summed E-state index contributed by atoms with van der Waals surface area (Å²) >= 11 is 1.79. The van der Waals surface area contributed by atoms with Gasteiger partial charge in [-0.2, -0.15) is 0 Å². The number of carbonyl (C=O) groups excluding carboxylic acids is 2. The highest BCUT2D eigenvalue weighted by Crippen LogP contribution is 2.45. The fourth-order valence-electron chi connectivity index (χ4n) is 2.84. The van der Waals surface area contributed by atoms with E-state index in [0.717, 1.165) is 28.4 Å². The standard InChI is InChI=1S/C15H17NO6S2/c17-6-8(18)11-9(19)10(20)12-13(23-11)14(21)16(15(22)24-12)7-4-2-1-3-5-7/h1-5,8-13,17-20H,6H2/t8-,9-,10-,11?,12?,13?/m1/s1. The van der Waals surface area contributed by atoms with E-state index in [1.807, 2.05) is 0 Å². The first-order valence-electron chi connectivity index (χ1n) is 7.36. The van der Waals surface area contributed by atoms with E-state index in [-0.39, 0.29) is 0 Å². The van der Waals surface area contributed by atoms with Crippen LogP contribution in [0.2, 0.25) is 0 Å². The van der Waals surface area contributed by atoms with Gasteiger partial charge in [0.05, 0.1) is 46.4 Å². The van der Waals surface area contributed by atoms with Crippen molar-refractivity contribution in [3.63, 3.8) is 0 Å². The van der Waals surface area contributed by atoms with Crippen molar-refractivity contribution in [1.29, 1.82) is 0 Å². The second kappa shape index (κ2) is 7.03. The van der Waals surface area contributed by atoms with E-state index >= 15 is 0 Å². The molecule has 2 aliphatic heterocycles. The van der Waals surface area contributed by atoms with Gasteiger partial charge in [0.25, 0.3) is 5.24 Å². The Morgan fingerprint density at radius 3 is 2.42 bits per heavy atom. The molecule has 1 aromatic rings. The average molecular weight is 371 g/mol. The molecular weight excluding hydrogens is 354 g/mol. The minimum Gasteiger partial charge on any atom is -0.394 e. The fourth-order valence-corrected chi connectivity index (χ4v) is 5.74. The third-order valence-electron chi connectivity index (χ3n) is 4.09. The van der Waals surface area contributed by atoms with Crippen molar-refractivity contribution in [2.24, 2.45) is 0 Å². The predicted octanol–water partition coefficient (Wildman–Crippen LogP) is -0.186. The number of aliphatic hydroxyl groups excluding tert-OH is 4. The zero-order valence-corrected chi connectivity index (χ0v) is 14.1. The Morgan fingerprint density at radius 2 is 1.79 bits per heavy atom. The highest BCUT2D eigenvalue weighted by Gasteiger charge is 2.54. The quantitative estimate of drug-likeness (QED) is 0.578. The number of nitrogens with zero attached hydrogens (tertiary/aromatic N) is 1. The minimum atomic E-state index is -1.35. The van der Waals surface area contributed by atoms with Crippen LogP contribution in [0.5, 0.6) is 0 Å². The molecule has 2 aliphatic rings. The van der Waals surface area contributed by atoms with Gasteiger partial charge in [-0.1, -0.05) is 30.0 Å². The lowest BCUT2D eigenvalue weighted by atomic mass is 9.99. The Labute approximate surface area is 146 Å². The molecule has 4 N–H and O–H groups in total. The largest absolute Gasteiger partial charge is 0.394 e. The van der Waals surface area contributed by atoms with Gasteiger partial charge >= 0.3 is 0 Å². The third kappa shape index (κ3) is 2.96. The van der Waals surface area contributed by atoms with Crippen molar-refractivity contribution in [3.8, 4) is 0 Å². The van der Waals surface area contributed by atoms with Gasteiger partial charge in [0.15, 0.2) is 0 Å². The second-order valence-corrected chi connectivity index (χ2v) is 8.06. The van der Waals surface area contributed by atoms with E-state index in [0.29, 0.717) is 5.69 Å². The van der Waals surface area contributed by atoms with Crippen molar-refractivity contribution in [2.45, 2.75) is 34.1 Å². The molecule has 2 saturated heterocycles. The first-order chi connectivity index (χ1) is 11.5. The van der Waals surface area contributed by atoms with Crippen LogP contribution in [0.25, 0.3) is 0 Å². The summed E-state index contributed by atoms with van der Waals surface area (Å²) in [6, 6.07) is 8.45. The van der Waals surface area contributed by atoms with Crippen molar-refractivity contribution in [3.05, 3.63) is 30.3 Å². The van der Waals surface area contributed by atoms with E-state index in [1.54, 1.807) is 30.3 Å². The molecule has 130 valence electrons. The molecule has 0 aliphatic carbocycles. The van der Waals surface area contributed by atoms with E-state index < -0.39 is 51.8 Å². The Hall–Kier alpha value is -1.10. The van der Waals surface area contributed by atoms with Crippen molar-refractivity contribution in [2.75, 3.05) is 11.5 Å². The highest BCUT2D eigenvalue weighted by molar-refractivity contribution is 8.16. The lowest BCUT2D eigenvalue weighted by Gasteiger charge is -2.46. The monoisotopic (exact) mass is 371 g/mol. The molecule has 9 heteroatoms. The average Bonchev–Trinajstić information content (AvgIpc) is 2.59. The SMILES string of the molecule is O=C1SC2C(SC([C@H](O)CO)[C@H](O)[C@H]2O)C(=O)N1c1ccccc1. The van der Waals surface area contributed by atoms with E-state index in [4.69, 9.17) is 5.11 Å². The van der Waals surface area contributed by atoms with E-state index in [1.165, 1.54) is 0 Å². The number of benzene rings is 1. The third-order valence-corrected chi connectivity index (χ3v) is 7.16. The second-order valence-electron chi connectivity index (χ2n) is 5.61. The summed E-state index contributed by atoms with van der Waals surface area (Å²) in [5, 5.41) is 36.3. The zero-order chi connectivity index (χ0) is 17.4. The van der Waals surface area contributed by atoms with Crippen LogP contribution in [0.1, 0.15) is 0 Å². The summed E-state index contributed by atoms with van der Waals surface area (Å²) < 4.78 is 0. The van der Waals surface area contributed by atoms with Crippen LogP contribution < -0.4 is 4.90 Å². The predicted molar refractivity (Wildman–Crippen MR) is 91.0 cm³/mol. The van der Waals surface area contributed by atoms with Gasteiger partial charge in [0.2, 0.25) is 5.91 Å². The topological polar surface area (TPSA) is 118 Å².